The number of rotatable bonds is 1. The normalized spacial score (nSPS) is 9.20. The first-order valence-corrected chi connectivity index (χ1v) is 2.29. The Morgan fingerprint density at radius 1 is 1.70 bits per heavy atom. The molecule has 1 heterocycles. The lowest BCUT2D eigenvalue weighted by Crippen LogP contribution is -1.96. The van der Waals surface area contributed by atoms with E-state index in [1.807, 2.05) is 0 Å². The van der Waals surface area contributed by atoms with Gasteiger partial charge in [-0.15, -0.1) is 10.0 Å². The molecule has 0 saturated carbocycles. The predicted molar refractivity (Wildman–Crippen MR) is 30.9 cm³/mol. The van der Waals surface area contributed by atoms with E-state index in [-0.39, 0.29) is 11.8 Å². The monoisotopic (exact) mass is 141 g/mol. The van der Waals surface area contributed by atoms with Crippen LogP contribution >= 0.6 is 0 Å². The number of H-pyrrole nitrogens is 1. The minimum absolute atomic E-state index is 0.0213. The van der Waals surface area contributed by atoms with Gasteiger partial charge in [0.25, 0.3) is 0 Å². The summed E-state index contributed by atoms with van der Waals surface area (Å²) in [5.41, 5.74) is 5.05. The van der Waals surface area contributed by atoms with Crippen LogP contribution in [0.4, 0.5) is 5.95 Å². The summed E-state index contributed by atoms with van der Waals surface area (Å²) in [6.45, 7) is 0. The largest absolute Gasteiger partial charge is 0.368 e. The molecule has 52 valence electrons. The molecule has 0 bridgehead atoms. The van der Waals surface area contributed by atoms with Gasteiger partial charge in [0.1, 0.15) is 0 Å². The highest BCUT2D eigenvalue weighted by molar-refractivity contribution is 5.91. The molecular formula is C3H3N5O2. The fraction of sp³-hybridized carbons (Fsp3) is 0. The first kappa shape index (κ1) is 6.33. The topological polar surface area (TPSA) is 114 Å². The maximum Gasteiger partial charge on any atom is 0.355 e. The molecule has 0 fully saturated rings. The number of carbonyl (C=O) groups is 1. The molecule has 0 unspecified atom stereocenters. The number of aromatic nitrogens is 3. The van der Waals surface area contributed by atoms with E-state index in [9.17, 15) is 9.70 Å². The zero-order valence-corrected chi connectivity index (χ0v) is 4.74. The van der Waals surface area contributed by atoms with Gasteiger partial charge in [-0.3, -0.25) is 4.79 Å². The highest BCUT2D eigenvalue weighted by atomic mass is 16.3. The van der Waals surface area contributed by atoms with Crippen LogP contribution in [0, 0.1) is 4.91 Å². The summed E-state index contributed by atoms with van der Waals surface area (Å²) in [5, 5.41) is 7.55. The fourth-order valence-corrected chi connectivity index (χ4v) is 0.411. The second-order valence-electron chi connectivity index (χ2n) is 1.44. The molecule has 1 amide bonds. The summed E-state index contributed by atoms with van der Waals surface area (Å²) in [7, 11) is 0. The number of anilines is 1. The van der Waals surface area contributed by atoms with Crippen LogP contribution in [0.3, 0.4) is 0 Å². The minimum atomic E-state index is -1.03. The van der Waals surface area contributed by atoms with Gasteiger partial charge in [0.15, 0.2) is 0 Å². The molecule has 10 heavy (non-hydrogen) atoms. The molecule has 0 aliphatic carbocycles. The van der Waals surface area contributed by atoms with Crippen LogP contribution in [-0.2, 0) is 0 Å². The van der Waals surface area contributed by atoms with E-state index in [1.165, 1.54) is 0 Å². The SMILES string of the molecule is Nc1nc(C(=O)N=O)n[nH]1. The van der Waals surface area contributed by atoms with Crippen molar-refractivity contribution in [2.75, 3.05) is 5.73 Å². The highest BCUT2D eigenvalue weighted by Gasteiger charge is 2.10. The molecule has 0 aliphatic heterocycles. The molecule has 0 radical (unpaired) electrons. The van der Waals surface area contributed by atoms with Crippen LogP contribution in [0.1, 0.15) is 10.6 Å². The highest BCUT2D eigenvalue weighted by Crippen LogP contribution is 1.93. The Morgan fingerprint density at radius 3 is 2.80 bits per heavy atom. The van der Waals surface area contributed by atoms with Gasteiger partial charge in [-0.05, 0) is 0 Å². The maximum atomic E-state index is 10.3. The van der Waals surface area contributed by atoms with Crippen molar-refractivity contribution in [3.63, 3.8) is 0 Å². The number of nitroso groups, excluding NO2 is 1. The Labute approximate surface area is 54.6 Å². The average Bonchev–Trinajstić information content (AvgIpc) is 2.34. The number of hydrogen-bond donors (Lipinski definition) is 2. The van der Waals surface area contributed by atoms with E-state index in [0.717, 1.165) is 0 Å². The van der Waals surface area contributed by atoms with Gasteiger partial charge in [-0.25, -0.2) is 5.10 Å². The van der Waals surface area contributed by atoms with Crippen molar-refractivity contribution in [3.05, 3.63) is 10.7 Å². The third kappa shape index (κ3) is 0.966. The number of nitrogens with one attached hydrogen (secondary N) is 1. The number of carbonyl (C=O) groups excluding carboxylic acids is 1. The number of hydrogen-bond acceptors (Lipinski definition) is 5. The molecule has 0 aromatic carbocycles. The van der Waals surface area contributed by atoms with Crippen molar-refractivity contribution < 1.29 is 4.79 Å². The Morgan fingerprint density at radius 2 is 2.40 bits per heavy atom. The second-order valence-corrected chi connectivity index (χ2v) is 1.44. The number of nitrogens with zero attached hydrogens (tertiary/aromatic N) is 3. The summed E-state index contributed by atoms with van der Waals surface area (Å²) in [5.74, 6) is -1.37. The van der Waals surface area contributed by atoms with Gasteiger partial charge >= 0.3 is 5.91 Å². The van der Waals surface area contributed by atoms with Gasteiger partial charge in [0.2, 0.25) is 11.8 Å². The number of nitrogen functional groups attached to an aromatic ring is 1. The van der Waals surface area contributed by atoms with E-state index in [2.05, 4.69) is 20.4 Å². The molecule has 0 atom stereocenters. The van der Waals surface area contributed by atoms with E-state index < -0.39 is 5.91 Å². The summed E-state index contributed by atoms with van der Waals surface area (Å²) in [6.07, 6.45) is 0. The lowest BCUT2D eigenvalue weighted by atomic mass is 10.6. The number of nitrogens with two attached hydrogens (primary N) is 1. The van der Waals surface area contributed by atoms with E-state index >= 15 is 0 Å². The van der Waals surface area contributed by atoms with E-state index in [4.69, 9.17) is 5.73 Å². The number of aromatic amines is 1. The molecule has 7 nitrogen and oxygen atoms in total. The Hall–Kier alpha value is -1.79. The Bertz CT molecular complexity index is 266. The van der Waals surface area contributed by atoms with Crippen molar-refractivity contribution >= 4 is 11.9 Å². The van der Waals surface area contributed by atoms with Crippen LogP contribution in [0.5, 0.6) is 0 Å². The first-order valence-electron chi connectivity index (χ1n) is 2.29. The van der Waals surface area contributed by atoms with Gasteiger partial charge < -0.3 is 5.73 Å². The second kappa shape index (κ2) is 2.21. The van der Waals surface area contributed by atoms with E-state index in [0.29, 0.717) is 0 Å². The van der Waals surface area contributed by atoms with Crippen molar-refractivity contribution in [1.29, 1.82) is 0 Å². The predicted octanol–water partition coefficient (Wildman–Crippen LogP) is -0.707. The van der Waals surface area contributed by atoms with Crippen LogP contribution < -0.4 is 5.73 Å². The molecular weight excluding hydrogens is 138 g/mol. The van der Waals surface area contributed by atoms with Gasteiger partial charge in [-0.2, -0.15) is 4.98 Å². The molecule has 1 rings (SSSR count). The lowest BCUT2D eigenvalue weighted by Gasteiger charge is -1.75. The maximum absolute atomic E-state index is 10.3. The summed E-state index contributed by atoms with van der Waals surface area (Å²) in [4.78, 5) is 23.3. The zero-order chi connectivity index (χ0) is 7.56. The van der Waals surface area contributed by atoms with Crippen LogP contribution in [0.2, 0.25) is 0 Å². The molecule has 0 saturated heterocycles. The Kier molecular flexibility index (Phi) is 1.40. The van der Waals surface area contributed by atoms with E-state index in [1.54, 1.807) is 0 Å². The minimum Gasteiger partial charge on any atom is -0.368 e. The first-order chi connectivity index (χ1) is 4.74. The van der Waals surface area contributed by atoms with Gasteiger partial charge in [0, 0.05) is 5.18 Å². The standard InChI is InChI=1S/C3H3N5O2/c4-3-5-1(6-7-3)2(9)8-10/h(H3,4,5,6,7). The summed E-state index contributed by atoms with van der Waals surface area (Å²) >= 11 is 0. The molecule has 1 aromatic heterocycles. The number of amides is 1. The zero-order valence-electron chi connectivity index (χ0n) is 4.74. The average molecular weight is 141 g/mol. The van der Waals surface area contributed by atoms with Crippen molar-refractivity contribution in [3.8, 4) is 0 Å². The van der Waals surface area contributed by atoms with Crippen LogP contribution in [0.25, 0.3) is 0 Å². The smallest absolute Gasteiger partial charge is 0.355 e. The van der Waals surface area contributed by atoms with Gasteiger partial charge in [-0.1, -0.05) is 0 Å². The van der Waals surface area contributed by atoms with Crippen molar-refractivity contribution in [2.45, 2.75) is 0 Å². The molecule has 0 spiro atoms. The quantitative estimate of drug-likeness (QED) is 0.501. The van der Waals surface area contributed by atoms with Crippen LogP contribution in [-0.4, -0.2) is 21.1 Å². The van der Waals surface area contributed by atoms with Crippen LogP contribution in [0.15, 0.2) is 5.18 Å². The molecule has 0 aliphatic rings. The third-order valence-electron chi connectivity index (χ3n) is 0.777. The summed E-state index contributed by atoms with van der Waals surface area (Å²) in [6, 6.07) is 0. The summed E-state index contributed by atoms with van der Waals surface area (Å²) < 4.78 is 0. The molecule has 7 heteroatoms. The molecule has 1 aromatic rings. The fourth-order valence-electron chi connectivity index (χ4n) is 0.411. The van der Waals surface area contributed by atoms with Gasteiger partial charge in [0.05, 0.1) is 0 Å². The molecule has 3 N–H and O–H groups in total. The lowest BCUT2D eigenvalue weighted by molar-refractivity contribution is 0.0991. The van der Waals surface area contributed by atoms with Crippen molar-refractivity contribution in [2.24, 2.45) is 5.18 Å². The van der Waals surface area contributed by atoms with Crippen molar-refractivity contribution in [1.82, 2.24) is 15.2 Å². The Balaban J connectivity index is 2.95. The third-order valence-corrected chi connectivity index (χ3v) is 0.777.